The first-order valence-electron chi connectivity index (χ1n) is 8.95. The standard InChI is InChI=1S/C18H27ClN4O/c1-13(20)15-3-2-8-23(12-15)18(24)14-6-9-22(10-7-14)17-5-4-16(19)11-21-17/h4-5,11,13-15H,2-3,6-10,12,20H2,1H3. The maximum atomic E-state index is 12.8. The number of hydrogen-bond acceptors (Lipinski definition) is 4. The van der Waals surface area contributed by atoms with E-state index in [0.29, 0.717) is 16.8 Å². The third-order valence-electron chi connectivity index (χ3n) is 5.39. The summed E-state index contributed by atoms with van der Waals surface area (Å²) in [5, 5.41) is 0.651. The molecule has 2 saturated heterocycles. The Bertz CT molecular complexity index is 555. The van der Waals surface area contributed by atoms with E-state index in [9.17, 15) is 4.79 Å². The topological polar surface area (TPSA) is 62.5 Å². The van der Waals surface area contributed by atoms with Crippen molar-refractivity contribution in [3.8, 4) is 0 Å². The third-order valence-corrected chi connectivity index (χ3v) is 5.62. The van der Waals surface area contributed by atoms with E-state index in [1.54, 1.807) is 6.20 Å². The maximum absolute atomic E-state index is 12.8. The van der Waals surface area contributed by atoms with Gasteiger partial charge in [-0.05, 0) is 50.7 Å². The number of nitrogens with zero attached hydrogens (tertiary/aromatic N) is 3. The second-order valence-electron chi connectivity index (χ2n) is 7.14. The Morgan fingerprint density at radius 2 is 2.04 bits per heavy atom. The zero-order valence-corrected chi connectivity index (χ0v) is 15.1. The monoisotopic (exact) mass is 350 g/mol. The number of anilines is 1. The summed E-state index contributed by atoms with van der Waals surface area (Å²) in [6, 6.07) is 3.98. The van der Waals surface area contributed by atoms with E-state index in [1.165, 1.54) is 0 Å². The molecule has 0 spiro atoms. The lowest BCUT2D eigenvalue weighted by molar-refractivity contribution is -0.138. The summed E-state index contributed by atoms with van der Waals surface area (Å²) < 4.78 is 0. The summed E-state index contributed by atoms with van der Waals surface area (Å²) in [6.07, 6.45) is 5.68. The van der Waals surface area contributed by atoms with Crippen LogP contribution in [0, 0.1) is 11.8 Å². The van der Waals surface area contributed by atoms with Gasteiger partial charge in [-0.1, -0.05) is 11.6 Å². The van der Waals surface area contributed by atoms with Gasteiger partial charge in [0.1, 0.15) is 5.82 Å². The smallest absolute Gasteiger partial charge is 0.225 e. The van der Waals surface area contributed by atoms with E-state index in [0.717, 1.165) is 57.7 Å². The van der Waals surface area contributed by atoms with Crippen LogP contribution in [0.25, 0.3) is 0 Å². The summed E-state index contributed by atoms with van der Waals surface area (Å²) in [5.74, 6) is 1.85. The zero-order valence-electron chi connectivity index (χ0n) is 14.3. The molecule has 2 atom stereocenters. The number of hydrogen-bond donors (Lipinski definition) is 1. The van der Waals surface area contributed by atoms with Crippen molar-refractivity contribution in [2.75, 3.05) is 31.1 Å². The summed E-state index contributed by atoms with van der Waals surface area (Å²) in [4.78, 5) is 21.5. The molecule has 3 rings (SSSR count). The van der Waals surface area contributed by atoms with Gasteiger partial charge in [0.05, 0.1) is 5.02 Å². The maximum Gasteiger partial charge on any atom is 0.225 e. The second kappa shape index (κ2) is 7.70. The molecule has 0 aliphatic carbocycles. The van der Waals surface area contributed by atoms with E-state index in [4.69, 9.17) is 17.3 Å². The van der Waals surface area contributed by atoms with Gasteiger partial charge >= 0.3 is 0 Å². The molecule has 1 aromatic heterocycles. The molecule has 2 fully saturated rings. The second-order valence-corrected chi connectivity index (χ2v) is 7.58. The van der Waals surface area contributed by atoms with Crippen LogP contribution in [0.2, 0.25) is 5.02 Å². The van der Waals surface area contributed by atoms with Crippen LogP contribution in [0.4, 0.5) is 5.82 Å². The van der Waals surface area contributed by atoms with Gasteiger partial charge in [0.2, 0.25) is 5.91 Å². The molecule has 0 bridgehead atoms. The summed E-state index contributed by atoms with van der Waals surface area (Å²) in [7, 11) is 0. The molecule has 1 aromatic rings. The van der Waals surface area contributed by atoms with Gasteiger partial charge in [0.15, 0.2) is 0 Å². The van der Waals surface area contributed by atoms with E-state index in [-0.39, 0.29) is 12.0 Å². The van der Waals surface area contributed by atoms with Crippen LogP contribution < -0.4 is 10.6 Å². The molecule has 1 amide bonds. The first-order valence-corrected chi connectivity index (χ1v) is 9.33. The van der Waals surface area contributed by atoms with Crippen LogP contribution in [0.5, 0.6) is 0 Å². The molecular weight excluding hydrogens is 324 g/mol. The van der Waals surface area contributed by atoms with Crippen LogP contribution in [-0.4, -0.2) is 48.0 Å². The molecule has 5 nitrogen and oxygen atoms in total. The Hall–Kier alpha value is -1.33. The Kier molecular flexibility index (Phi) is 5.61. The average Bonchev–Trinajstić information content (AvgIpc) is 2.62. The Morgan fingerprint density at radius 1 is 1.29 bits per heavy atom. The molecule has 24 heavy (non-hydrogen) atoms. The minimum atomic E-state index is 0.139. The third kappa shape index (κ3) is 4.01. The van der Waals surface area contributed by atoms with Crippen molar-refractivity contribution in [2.45, 2.75) is 38.6 Å². The zero-order chi connectivity index (χ0) is 17.1. The Labute approximate surface area is 149 Å². The highest BCUT2D eigenvalue weighted by Gasteiger charge is 2.32. The van der Waals surface area contributed by atoms with Crippen molar-refractivity contribution >= 4 is 23.3 Å². The highest BCUT2D eigenvalue weighted by Crippen LogP contribution is 2.26. The molecule has 2 N–H and O–H groups in total. The van der Waals surface area contributed by atoms with Crippen LogP contribution in [-0.2, 0) is 4.79 Å². The number of carbonyl (C=O) groups excluding carboxylic acids is 1. The number of likely N-dealkylation sites (tertiary alicyclic amines) is 1. The lowest BCUT2D eigenvalue weighted by atomic mass is 9.89. The van der Waals surface area contributed by atoms with Gasteiger partial charge in [-0.15, -0.1) is 0 Å². The number of nitrogens with two attached hydrogens (primary N) is 1. The van der Waals surface area contributed by atoms with E-state index < -0.39 is 0 Å². The summed E-state index contributed by atoms with van der Waals surface area (Å²) >= 11 is 5.90. The van der Waals surface area contributed by atoms with Crippen LogP contribution in [0.3, 0.4) is 0 Å². The molecule has 0 saturated carbocycles. The van der Waals surface area contributed by atoms with Crippen molar-refractivity contribution < 1.29 is 4.79 Å². The van der Waals surface area contributed by atoms with Crippen molar-refractivity contribution in [2.24, 2.45) is 17.6 Å². The highest BCUT2D eigenvalue weighted by molar-refractivity contribution is 6.30. The molecule has 2 aliphatic rings. The highest BCUT2D eigenvalue weighted by atomic mass is 35.5. The fourth-order valence-electron chi connectivity index (χ4n) is 3.81. The normalized spacial score (nSPS) is 24.0. The predicted octanol–water partition coefficient (Wildman–Crippen LogP) is 2.54. The van der Waals surface area contributed by atoms with Crippen LogP contribution in [0.15, 0.2) is 18.3 Å². The molecular formula is C18H27ClN4O. The predicted molar refractivity (Wildman–Crippen MR) is 97.1 cm³/mol. The van der Waals surface area contributed by atoms with Crippen molar-refractivity contribution in [1.29, 1.82) is 0 Å². The number of halogens is 1. The fourth-order valence-corrected chi connectivity index (χ4v) is 3.92. The van der Waals surface area contributed by atoms with Crippen LogP contribution in [0.1, 0.15) is 32.6 Å². The number of carbonyl (C=O) groups is 1. The van der Waals surface area contributed by atoms with E-state index >= 15 is 0 Å². The molecule has 0 aromatic carbocycles. The molecule has 2 unspecified atom stereocenters. The van der Waals surface area contributed by atoms with Gasteiger partial charge in [-0.2, -0.15) is 0 Å². The van der Waals surface area contributed by atoms with Crippen LogP contribution >= 0.6 is 11.6 Å². The molecule has 2 aliphatic heterocycles. The average molecular weight is 351 g/mol. The quantitative estimate of drug-likeness (QED) is 0.910. The van der Waals surface area contributed by atoms with Crippen molar-refractivity contribution in [3.05, 3.63) is 23.4 Å². The first kappa shape index (κ1) is 17.5. The Morgan fingerprint density at radius 3 is 2.67 bits per heavy atom. The number of aromatic nitrogens is 1. The fraction of sp³-hybridized carbons (Fsp3) is 0.667. The SMILES string of the molecule is CC(N)C1CCCN(C(=O)C2CCN(c3ccc(Cl)cn3)CC2)C1. The molecule has 132 valence electrons. The van der Waals surface area contributed by atoms with Crippen molar-refractivity contribution in [1.82, 2.24) is 9.88 Å². The van der Waals surface area contributed by atoms with E-state index in [1.807, 2.05) is 12.1 Å². The number of amides is 1. The number of rotatable bonds is 3. The van der Waals surface area contributed by atoms with Gasteiger partial charge in [-0.3, -0.25) is 4.79 Å². The molecule has 6 heteroatoms. The summed E-state index contributed by atoms with van der Waals surface area (Å²) in [5.41, 5.74) is 6.04. The first-order chi connectivity index (χ1) is 11.5. The minimum Gasteiger partial charge on any atom is -0.357 e. The number of piperidine rings is 2. The van der Waals surface area contributed by atoms with Crippen molar-refractivity contribution in [3.63, 3.8) is 0 Å². The van der Waals surface area contributed by atoms with E-state index in [2.05, 4.69) is 21.7 Å². The van der Waals surface area contributed by atoms with Gasteiger partial charge in [0.25, 0.3) is 0 Å². The Balaban J connectivity index is 1.54. The van der Waals surface area contributed by atoms with Gasteiger partial charge < -0.3 is 15.5 Å². The van der Waals surface area contributed by atoms with Gasteiger partial charge in [-0.25, -0.2) is 4.98 Å². The number of pyridine rings is 1. The van der Waals surface area contributed by atoms with Gasteiger partial charge in [0, 0.05) is 44.3 Å². The molecule has 3 heterocycles. The lowest BCUT2D eigenvalue weighted by Gasteiger charge is -2.39. The summed E-state index contributed by atoms with van der Waals surface area (Å²) in [6.45, 7) is 5.51. The largest absolute Gasteiger partial charge is 0.357 e. The minimum absolute atomic E-state index is 0.139. The molecule has 0 radical (unpaired) electrons. The lowest BCUT2D eigenvalue weighted by Crippen LogP contribution is -2.49.